The maximum Gasteiger partial charge on any atom is 0.341 e. The van der Waals surface area contributed by atoms with Gasteiger partial charge in [-0.3, -0.25) is 19.3 Å². The van der Waals surface area contributed by atoms with Gasteiger partial charge in [-0.1, -0.05) is 29.8 Å². The fraction of sp³-hybridized carbons (Fsp3) is 0.280. The first-order valence-electron chi connectivity index (χ1n) is 11.3. The molecule has 0 saturated carbocycles. The molecule has 1 atom stereocenters. The highest BCUT2D eigenvalue weighted by Gasteiger charge is 2.32. The van der Waals surface area contributed by atoms with Crippen molar-refractivity contribution in [2.24, 2.45) is 0 Å². The third-order valence-corrected chi connectivity index (χ3v) is 6.47. The van der Waals surface area contributed by atoms with Crippen LogP contribution in [0.3, 0.4) is 0 Å². The molecule has 1 aliphatic rings. The number of carboxylic acid groups (broad SMARTS) is 1. The number of carbonyl (C=O) groups excluding carboxylic acids is 2. The zero-order valence-corrected chi connectivity index (χ0v) is 20.1. The predicted octanol–water partition coefficient (Wildman–Crippen LogP) is 2.54. The van der Waals surface area contributed by atoms with Crippen LogP contribution in [-0.4, -0.2) is 63.9 Å². The van der Waals surface area contributed by atoms with Gasteiger partial charge in [0.15, 0.2) is 0 Å². The molecule has 4 rings (SSSR count). The number of hydrogen-bond donors (Lipinski definition) is 3. The maximum atomic E-state index is 14.8. The van der Waals surface area contributed by atoms with Crippen LogP contribution in [0.1, 0.15) is 34.5 Å². The number of H-pyrrole nitrogens is 1. The van der Waals surface area contributed by atoms with E-state index in [9.17, 15) is 28.7 Å². The molecule has 0 spiro atoms. The first kappa shape index (κ1) is 25.3. The van der Waals surface area contributed by atoms with Gasteiger partial charge < -0.3 is 20.3 Å². The summed E-state index contributed by atoms with van der Waals surface area (Å²) in [6.45, 7) is 3.04. The third kappa shape index (κ3) is 5.24. The van der Waals surface area contributed by atoms with Crippen molar-refractivity contribution in [3.63, 3.8) is 0 Å². The number of aromatic nitrogens is 1. The van der Waals surface area contributed by atoms with Crippen molar-refractivity contribution in [1.82, 2.24) is 20.1 Å². The fourth-order valence-electron chi connectivity index (χ4n) is 4.43. The Hall–Kier alpha value is -3.76. The Balaban J connectivity index is 1.62. The number of fused-ring (bicyclic) bond motifs is 1. The van der Waals surface area contributed by atoms with Crippen molar-refractivity contribution in [3.05, 3.63) is 80.3 Å². The van der Waals surface area contributed by atoms with E-state index in [4.69, 9.17) is 11.6 Å². The number of nitrogens with one attached hydrogen (secondary N) is 2. The molecular formula is C25H24ClFN4O5. The zero-order chi connectivity index (χ0) is 26.0. The predicted molar refractivity (Wildman–Crippen MR) is 131 cm³/mol. The SMILES string of the molecule is CC(=O)N1CCN(C(C(=O)NCc2cc(Cl)cc3cc(C(=O)O)c(=O)[nH]c23)c2ccccc2F)CC1. The number of piperazine rings is 1. The van der Waals surface area contributed by atoms with Crippen molar-refractivity contribution in [3.8, 4) is 0 Å². The van der Waals surface area contributed by atoms with Crippen molar-refractivity contribution < 1.29 is 23.9 Å². The maximum absolute atomic E-state index is 14.8. The van der Waals surface area contributed by atoms with Gasteiger partial charge in [0.1, 0.15) is 17.4 Å². The number of carboxylic acids is 1. The number of aromatic carboxylic acids is 1. The normalized spacial score (nSPS) is 15.0. The highest BCUT2D eigenvalue weighted by molar-refractivity contribution is 6.31. The summed E-state index contributed by atoms with van der Waals surface area (Å²) in [5, 5.41) is 12.7. The molecule has 1 aliphatic heterocycles. The van der Waals surface area contributed by atoms with E-state index in [2.05, 4.69) is 10.3 Å². The minimum absolute atomic E-state index is 0.0450. The summed E-state index contributed by atoms with van der Waals surface area (Å²) in [6, 6.07) is 9.40. The molecule has 9 nitrogen and oxygen atoms in total. The average molecular weight is 515 g/mol. The smallest absolute Gasteiger partial charge is 0.341 e. The monoisotopic (exact) mass is 514 g/mol. The lowest BCUT2D eigenvalue weighted by atomic mass is 10.0. The molecule has 1 aromatic heterocycles. The molecule has 2 amide bonds. The molecule has 188 valence electrons. The lowest BCUT2D eigenvalue weighted by Crippen LogP contribution is -2.52. The number of halogens is 2. The molecular weight excluding hydrogens is 491 g/mol. The van der Waals surface area contributed by atoms with E-state index in [1.54, 1.807) is 29.2 Å². The summed E-state index contributed by atoms with van der Waals surface area (Å²) in [5.74, 6) is -2.42. The van der Waals surface area contributed by atoms with E-state index in [1.165, 1.54) is 25.1 Å². The summed E-state index contributed by atoms with van der Waals surface area (Å²) < 4.78 is 14.8. The molecule has 1 saturated heterocycles. The zero-order valence-electron chi connectivity index (χ0n) is 19.4. The Bertz CT molecular complexity index is 1400. The Labute approximate surface area is 210 Å². The van der Waals surface area contributed by atoms with Gasteiger partial charge >= 0.3 is 5.97 Å². The van der Waals surface area contributed by atoms with E-state index in [0.717, 1.165) is 0 Å². The van der Waals surface area contributed by atoms with E-state index in [1.807, 2.05) is 4.90 Å². The molecule has 3 N–H and O–H groups in total. The van der Waals surface area contributed by atoms with Crippen LogP contribution in [0.5, 0.6) is 0 Å². The average Bonchev–Trinajstić information content (AvgIpc) is 2.84. The molecule has 36 heavy (non-hydrogen) atoms. The van der Waals surface area contributed by atoms with E-state index < -0.39 is 34.9 Å². The topological polar surface area (TPSA) is 123 Å². The molecule has 0 aliphatic carbocycles. The molecule has 0 radical (unpaired) electrons. The number of aromatic amines is 1. The quantitative estimate of drug-likeness (QED) is 0.464. The second-order valence-corrected chi connectivity index (χ2v) is 8.97. The van der Waals surface area contributed by atoms with E-state index in [-0.39, 0.29) is 18.0 Å². The first-order valence-corrected chi connectivity index (χ1v) is 11.6. The van der Waals surface area contributed by atoms with Crippen molar-refractivity contribution in [1.29, 1.82) is 0 Å². The van der Waals surface area contributed by atoms with Gasteiger partial charge in [-0.2, -0.15) is 0 Å². The second kappa shape index (κ2) is 10.5. The van der Waals surface area contributed by atoms with Crippen LogP contribution in [0.2, 0.25) is 5.02 Å². The van der Waals surface area contributed by atoms with Gasteiger partial charge in [-0.25, -0.2) is 9.18 Å². The second-order valence-electron chi connectivity index (χ2n) is 8.53. The van der Waals surface area contributed by atoms with Gasteiger partial charge in [0.2, 0.25) is 11.8 Å². The number of carbonyl (C=O) groups is 3. The van der Waals surface area contributed by atoms with Crippen LogP contribution in [0.15, 0.2) is 47.3 Å². The summed E-state index contributed by atoms with van der Waals surface area (Å²) in [4.78, 5) is 54.7. The highest BCUT2D eigenvalue weighted by atomic mass is 35.5. The highest BCUT2D eigenvalue weighted by Crippen LogP contribution is 2.26. The van der Waals surface area contributed by atoms with Gasteiger partial charge in [-0.05, 0) is 29.8 Å². The van der Waals surface area contributed by atoms with Gasteiger partial charge in [-0.15, -0.1) is 0 Å². The minimum atomic E-state index is -1.37. The van der Waals surface area contributed by atoms with E-state index in [0.29, 0.717) is 47.7 Å². The Morgan fingerprint density at radius 1 is 1.14 bits per heavy atom. The van der Waals surface area contributed by atoms with Crippen LogP contribution in [0.4, 0.5) is 4.39 Å². The third-order valence-electron chi connectivity index (χ3n) is 6.25. The number of pyridine rings is 1. The molecule has 2 aromatic carbocycles. The molecule has 0 bridgehead atoms. The number of amides is 2. The van der Waals surface area contributed by atoms with Gasteiger partial charge in [0.05, 0.1) is 5.52 Å². The lowest BCUT2D eigenvalue weighted by molar-refractivity contribution is -0.132. The Morgan fingerprint density at radius 2 is 1.83 bits per heavy atom. The summed E-state index contributed by atoms with van der Waals surface area (Å²) in [5.41, 5.74) is -0.191. The van der Waals surface area contributed by atoms with Crippen LogP contribution < -0.4 is 10.9 Å². The van der Waals surface area contributed by atoms with Gasteiger partial charge in [0.25, 0.3) is 5.56 Å². The number of nitrogens with zero attached hydrogens (tertiary/aromatic N) is 2. The molecule has 11 heteroatoms. The summed E-state index contributed by atoms with van der Waals surface area (Å²) in [7, 11) is 0. The standard InChI is InChI=1S/C25H24ClFN4O5/c1-14(32)30-6-8-31(9-7-30)22(18-4-2-3-5-20(18)27)24(34)28-13-16-11-17(26)10-15-12-19(25(35)36)23(33)29-21(15)16/h2-5,10-12,22H,6-9,13H2,1H3,(H,28,34)(H,29,33)(H,35,36). The van der Waals surface area contributed by atoms with Crippen LogP contribution in [-0.2, 0) is 16.1 Å². The minimum Gasteiger partial charge on any atom is -0.477 e. The van der Waals surface area contributed by atoms with E-state index >= 15 is 0 Å². The number of benzene rings is 2. The summed E-state index contributed by atoms with van der Waals surface area (Å²) >= 11 is 6.21. The Morgan fingerprint density at radius 3 is 2.47 bits per heavy atom. The van der Waals surface area contributed by atoms with Crippen molar-refractivity contribution in [2.45, 2.75) is 19.5 Å². The molecule has 2 heterocycles. The van der Waals surface area contributed by atoms with Gasteiger partial charge in [0, 0.05) is 55.6 Å². The van der Waals surface area contributed by atoms with Crippen molar-refractivity contribution >= 4 is 40.3 Å². The Kier molecular flexibility index (Phi) is 7.37. The summed E-state index contributed by atoms with van der Waals surface area (Å²) in [6.07, 6.45) is 0. The lowest BCUT2D eigenvalue weighted by Gasteiger charge is -2.38. The largest absolute Gasteiger partial charge is 0.477 e. The van der Waals surface area contributed by atoms with Crippen LogP contribution in [0, 0.1) is 5.82 Å². The molecule has 3 aromatic rings. The number of hydrogen-bond acceptors (Lipinski definition) is 5. The molecule has 1 fully saturated rings. The van der Waals surface area contributed by atoms with Crippen molar-refractivity contribution in [2.75, 3.05) is 26.2 Å². The van der Waals surface area contributed by atoms with Crippen LogP contribution in [0.25, 0.3) is 10.9 Å². The van der Waals surface area contributed by atoms with Crippen LogP contribution >= 0.6 is 11.6 Å². The first-order chi connectivity index (χ1) is 17.2. The fourth-order valence-corrected chi connectivity index (χ4v) is 4.68. The number of rotatable bonds is 6. The molecule has 1 unspecified atom stereocenters.